The van der Waals surface area contributed by atoms with Gasteiger partial charge in [-0.2, -0.15) is 5.26 Å². The maximum absolute atomic E-state index is 12.2. The maximum atomic E-state index is 12.2. The van der Waals surface area contributed by atoms with Crippen molar-refractivity contribution in [3.63, 3.8) is 0 Å². The summed E-state index contributed by atoms with van der Waals surface area (Å²) >= 11 is 0. The molecular weight excluding hydrogens is 374 g/mol. The second-order valence-electron chi connectivity index (χ2n) is 9.94. The van der Waals surface area contributed by atoms with Gasteiger partial charge in [0.15, 0.2) is 0 Å². The van der Waals surface area contributed by atoms with E-state index in [-0.39, 0.29) is 0 Å². The molecule has 2 heterocycles. The number of nitriles is 1. The summed E-state index contributed by atoms with van der Waals surface area (Å²) in [5.74, 6) is 3.42. The molecular formula is C25H33N3O2. The lowest BCUT2D eigenvalue weighted by atomic mass is 9.82. The largest absolute Gasteiger partial charge is 0.493 e. The van der Waals surface area contributed by atoms with Gasteiger partial charge < -0.3 is 15.0 Å². The summed E-state index contributed by atoms with van der Waals surface area (Å²) in [6.45, 7) is 4.15. The molecule has 0 spiro atoms. The molecule has 0 unspecified atom stereocenters. The zero-order valence-electron chi connectivity index (χ0n) is 17.8. The number of carbonyl (C=O) groups excluding carboxylic acids is 1. The molecule has 1 aromatic carbocycles. The molecule has 0 aromatic heterocycles. The Morgan fingerprint density at radius 2 is 2.00 bits per heavy atom. The zero-order valence-corrected chi connectivity index (χ0v) is 17.8. The lowest BCUT2D eigenvalue weighted by Crippen LogP contribution is -2.42. The van der Waals surface area contributed by atoms with E-state index in [2.05, 4.69) is 16.3 Å². The second kappa shape index (κ2) is 8.59. The van der Waals surface area contributed by atoms with E-state index in [1.54, 1.807) is 0 Å². The Kier molecular flexibility index (Phi) is 5.69. The van der Waals surface area contributed by atoms with Crippen LogP contribution in [0.15, 0.2) is 18.2 Å². The highest BCUT2D eigenvalue weighted by Crippen LogP contribution is 2.42. The highest BCUT2D eigenvalue weighted by Gasteiger charge is 2.39. The molecule has 1 saturated heterocycles. The van der Waals surface area contributed by atoms with Crippen LogP contribution in [0.4, 0.5) is 0 Å². The molecule has 5 rings (SSSR count). The highest BCUT2D eigenvalue weighted by atomic mass is 16.5. The molecule has 2 atom stereocenters. The van der Waals surface area contributed by atoms with Crippen LogP contribution >= 0.6 is 0 Å². The first-order valence-electron chi connectivity index (χ1n) is 11.9. The van der Waals surface area contributed by atoms with Gasteiger partial charge in [-0.1, -0.05) is 6.42 Å². The lowest BCUT2D eigenvalue weighted by Gasteiger charge is -2.32. The molecule has 5 nitrogen and oxygen atoms in total. The first kappa shape index (κ1) is 19.9. The quantitative estimate of drug-likeness (QED) is 0.806. The maximum Gasteiger partial charge on any atom is 0.223 e. The zero-order chi connectivity index (χ0) is 20.5. The van der Waals surface area contributed by atoms with Crippen molar-refractivity contribution in [2.24, 2.45) is 17.8 Å². The van der Waals surface area contributed by atoms with E-state index in [1.165, 1.54) is 31.2 Å². The molecule has 160 valence electrons. The summed E-state index contributed by atoms with van der Waals surface area (Å²) in [7, 11) is 0. The predicted octanol–water partition coefficient (Wildman–Crippen LogP) is 3.83. The van der Waals surface area contributed by atoms with Gasteiger partial charge in [0.25, 0.3) is 0 Å². The van der Waals surface area contributed by atoms with Gasteiger partial charge >= 0.3 is 0 Å². The lowest BCUT2D eigenvalue weighted by molar-refractivity contribution is -0.128. The van der Waals surface area contributed by atoms with Crippen LogP contribution in [0.3, 0.4) is 0 Å². The van der Waals surface area contributed by atoms with Gasteiger partial charge in [-0.15, -0.1) is 0 Å². The van der Waals surface area contributed by atoms with E-state index < -0.39 is 0 Å². The van der Waals surface area contributed by atoms with Crippen molar-refractivity contribution < 1.29 is 9.53 Å². The average molecular weight is 408 g/mol. The molecule has 1 amide bonds. The summed E-state index contributed by atoms with van der Waals surface area (Å²) in [5.41, 5.74) is 1.97. The van der Waals surface area contributed by atoms with Crippen LogP contribution in [0, 0.1) is 29.1 Å². The number of amides is 1. The number of fused-ring (bicyclic) bond motifs is 3. The van der Waals surface area contributed by atoms with Gasteiger partial charge in [-0.05, 0) is 75.6 Å². The number of hydrogen-bond donors (Lipinski definition) is 1. The third-order valence-corrected chi connectivity index (χ3v) is 8.03. The van der Waals surface area contributed by atoms with E-state index in [0.29, 0.717) is 29.7 Å². The van der Waals surface area contributed by atoms with Crippen molar-refractivity contribution in [2.75, 3.05) is 26.2 Å². The van der Waals surface area contributed by atoms with E-state index in [0.717, 1.165) is 69.2 Å². The molecule has 0 radical (unpaired) electrons. The number of nitrogens with zero attached hydrogens (tertiary/aromatic N) is 2. The Morgan fingerprint density at radius 3 is 2.73 bits per heavy atom. The van der Waals surface area contributed by atoms with Gasteiger partial charge in [0.1, 0.15) is 5.75 Å². The van der Waals surface area contributed by atoms with Crippen LogP contribution in [-0.2, 0) is 4.79 Å². The van der Waals surface area contributed by atoms with Crippen molar-refractivity contribution in [1.82, 2.24) is 10.2 Å². The van der Waals surface area contributed by atoms with Crippen LogP contribution in [0.5, 0.6) is 5.75 Å². The fraction of sp³-hybridized carbons (Fsp3) is 0.680. The number of ether oxygens (including phenoxy) is 1. The summed E-state index contributed by atoms with van der Waals surface area (Å²) in [5, 5.41) is 12.6. The Morgan fingerprint density at radius 1 is 1.17 bits per heavy atom. The molecule has 3 fully saturated rings. The van der Waals surface area contributed by atoms with Crippen LogP contribution in [-0.4, -0.2) is 43.1 Å². The number of nitrogens with one attached hydrogen (secondary N) is 1. The van der Waals surface area contributed by atoms with Crippen molar-refractivity contribution in [3.05, 3.63) is 29.3 Å². The standard InChI is InChI=1S/C25H33N3O2/c26-13-18-6-9-24-22(12-18)23-15-28(14-20(23)16-30-24)11-10-17-4-7-21(8-5-17)27-25(29)19-2-1-3-19/h6,9,12,17,19-21,23H,1-5,7-8,10-11,14-16H2,(H,27,29)/t17?,20-,21?,23+/m0/s1. The third-order valence-electron chi connectivity index (χ3n) is 8.03. The van der Waals surface area contributed by atoms with Crippen LogP contribution < -0.4 is 10.1 Å². The Hall–Kier alpha value is -2.06. The first-order valence-corrected chi connectivity index (χ1v) is 11.9. The molecule has 5 heteroatoms. The molecule has 30 heavy (non-hydrogen) atoms. The molecule has 2 saturated carbocycles. The number of carbonyl (C=O) groups is 1. The van der Waals surface area contributed by atoms with Gasteiger partial charge in [0.2, 0.25) is 5.91 Å². The number of likely N-dealkylation sites (tertiary alicyclic amines) is 1. The summed E-state index contributed by atoms with van der Waals surface area (Å²) in [6, 6.07) is 8.54. The molecule has 0 bridgehead atoms. The number of hydrogen-bond acceptors (Lipinski definition) is 4. The fourth-order valence-corrected chi connectivity index (χ4v) is 5.85. The third kappa shape index (κ3) is 4.07. The minimum atomic E-state index is 0.305. The fourth-order valence-electron chi connectivity index (χ4n) is 5.85. The molecule has 1 aromatic rings. The number of rotatable bonds is 5. The van der Waals surface area contributed by atoms with E-state index in [4.69, 9.17) is 4.74 Å². The van der Waals surface area contributed by atoms with Crippen LogP contribution in [0.1, 0.15) is 68.4 Å². The topological polar surface area (TPSA) is 65.4 Å². The van der Waals surface area contributed by atoms with Gasteiger partial charge in [0.05, 0.1) is 18.2 Å². The van der Waals surface area contributed by atoms with Gasteiger partial charge in [0, 0.05) is 42.4 Å². The van der Waals surface area contributed by atoms with Crippen LogP contribution in [0.25, 0.3) is 0 Å². The molecule has 1 N–H and O–H groups in total. The van der Waals surface area contributed by atoms with Crippen molar-refractivity contribution >= 4 is 5.91 Å². The number of benzene rings is 1. The van der Waals surface area contributed by atoms with Crippen LogP contribution in [0.2, 0.25) is 0 Å². The second-order valence-corrected chi connectivity index (χ2v) is 9.94. The molecule has 4 aliphatic rings. The highest BCUT2D eigenvalue weighted by molar-refractivity contribution is 5.79. The van der Waals surface area contributed by atoms with E-state index in [1.807, 2.05) is 18.2 Å². The summed E-state index contributed by atoms with van der Waals surface area (Å²) in [6.07, 6.45) is 9.44. The minimum absolute atomic E-state index is 0.305. The Bertz CT molecular complexity index is 820. The van der Waals surface area contributed by atoms with Gasteiger partial charge in [-0.3, -0.25) is 4.79 Å². The normalized spacial score (nSPS) is 31.0. The Balaban J connectivity index is 1.08. The molecule has 2 aliphatic heterocycles. The minimum Gasteiger partial charge on any atom is -0.493 e. The smallest absolute Gasteiger partial charge is 0.223 e. The average Bonchev–Trinajstić information content (AvgIpc) is 3.15. The van der Waals surface area contributed by atoms with Crippen molar-refractivity contribution in [1.29, 1.82) is 5.26 Å². The van der Waals surface area contributed by atoms with Crippen molar-refractivity contribution in [3.8, 4) is 11.8 Å². The van der Waals surface area contributed by atoms with Gasteiger partial charge in [-0.25, -0.2) is 0 Å². The molecule has 2 aliphatic carbocycles. The summed E-state index contributed by atoms with van der Waals surface area (Å²) in [4.78, 5) is 14.8. The SMILES string of the molecule is N#Cc1ccc2c(c1)[C@@H]1CN(CCC3CCC(NC(=O)C4CCC4)CC3)C[C@H]1CO2. The predicted molar refractivity (Wildman–Crippen MR) is 115 cm³/mol. The monoisotopic (exact) mass is 407 g/mol. The van der Waals surface area contributed by atoms with E-state index in [9.17, 15) is 10.1 Å². The first-order chi connectivity index (χ1) is 14.7. The summed E-state index contributed by atoms with van der Waals surface area (Å²) < 4.78 is 5.98. The van der Waals surface area contributed by atoms with Crippen molar-refractivity contribution in [2.45, 2.75) is 63.3 Å². The van der Waals surface area contributed by atoms with E-state index >= 15 is 0 Å². The Labute approximate surface area is 179 Å².